The van der Waals surface area contributed by atoms with E-state index < -0.39 is 6.04 Å². The lowest BCUT2D eigenvalue weighted by Gasteiger charge is -2.10. The molecule has 1 amide bonds. The molecule has 2 aromatic carbocycles. The van der Waals surface area contributed by atoms with E-state index in [1.54, 1.807) is 37.3 Å². The lowest BCUT2D eigenvalue weighted by Crippen LogP contribution is -2.32. The fraction of sp³-hybridized carbons (Fsp3) is 0.0909. The summed E-state index contributed by atoms with van der Waals surface area (Å²) in [6, 6.07) is 18.5. The highest BCUT2D eigenvalue weighted by molar-refractivity contribution is 5.93. The average molecular weight is 359 g/mol. The standard InChI is InChI=1S/C22H18FN3O/c1-15(24)22(27)26-21-14-12-18(17-9-5-6-10-19(17)23)20(25-21)13-11-16-7-3-2-4-8-16/h2-10,12,14-15H,24H2,1H3,(H,25,26,27). The van der Waals surface area contributed by atoms with E-state index >= 15 is 0 Å². The van der Waals surface area contributed by atoms with E-state index in [0.29, 0.717) is 22.6 Å². The van der Waals surface area contributed by atoms with Gasteiger partial charge >= 0.3 is 0 Å². The summed E-state index contributed by atoms with van der Waals surface area (Å²) in [7, 11) is 0. The number of amides is 1. The predicted octanol–water partition coefficient (Wildman–Crippen LogP) is 3.57. The first-order valence-corrected chi connectivity index (χ1v) is 8.44. The Labute approximate surface area is 157 Å². The number of pyridine rings is 1. The number of hydrogen-bond acceptors (Lipinski definition) is 3. The van der Waals surface area contributed by atoms with Crippen LogP contribution in [0, 0.1) is 17.7 Å². The maximum Gasteiger partial charge on any atom is 0.242 e. The summed E-state index contributed by atoms with van der Waals surface area (Å²) < 4.78 is 14.3. The minimum Gasteiger partial charge on any atom is -0.320 e. The zero-order chi connectivity index (χ0) is 19.2. The highest BCUT2D eigenvalue weighted by Gasteiger charge is 2.13. The van der Waals surface area contributed by atoms with Crippen molar-refractivity contribution in [2.45, 2.75) is 13.0 Å². The molecule has 0 saturated heterocycles. The molecule has 3 N–H and O–H groups in total. The van der Waals surface area contributed by atoms with Crippen LogP contribution in [0.25, 0.3) is 11.1 Å². The first-order chi connectivity index (χ1) is 13.0. The monoisotopic (exact) mass is 359 g/mol. The molecule has 0 spiro atoms. The SMILES string of the molecule is CC(N)C(=O)Nc1ccc(-c2ccccc2F)c(C#Cc2ccccc2)n1. The van der Waals surface area contributed by atoms with Gasteiger partial charge in [0.25, 0.3) is 0 Å². The molecule has 134 valence electrons. The van der Waals surface area contributed by atoms with Crippen LogP contribution >= 0.6 is 0 Å². The Morgan fingerprint density at radius 2 is 1.70 bits per heavy atom. The predicted molar refractivity (Wildman–Crippen MR) is 104 cm³/mol. The maximum atomic E-state index is 14.3. The minimum absolute atomic E-state index is 0.315. The molecule has 0 aliphatic rings. The number of nitrogens with one attached hydrogen (secondary N) is 1. The van der Waals surface area contributed by atoms with Crippen LogP contribution in [0.4, 0.5) is 10.2 Å². The fourth-order valence-corrected chi connectivity index (χ4v) is 2.41. The van der Waals surface area contributed by atoms with Gasteiger partial charge in [0, 0.05) is 16.7 Å². The second-order valence-electron chi connectivity index (χ2n) is 5.97. The molecule has 0 fully saturated rings. The second kappa shape index (κ2) is 8.26. The van der Waals surface area contributed by atoms with Crippen LogP contribution in [0.1, 0.15) is 18.2 Å². The number of nitrogens with zero attached hydrogens (tertiary/aromatic N) is 1. The summed E-state index contributed by atoms with van der Waals surface area (Å²) in [6.07, 6.45) is 0. The first-order valence-electron chi connectivity index (χ1n) is 8.44. The molecular weight excluding hydrogens is 341 g/mol. The molecule has 1 heterocycles. The van der Waals surface area contributed by atoms with Gasteiger partial charge in [-0.05, 0) is 43.2 Å². The summed E-state index contributed by atoms with van der Waals surface area (Å²) in [4.78, 5) is 16.2. The second-order valence-corrected chi connectivity index (χ2v) is 5.97. The van der Waals surface area contributed by atoms with Crippen LogP contribution in [-0.4, -0.2) is 16.9 Å². The highest BCUT2D eigenvalue weighted by atomic mass is 19.1. The number of aromatic nitrogens is 1. The van der Waals surface area contributed by atoms with Crippen LogP contribution in [0.2, 0.25) is 0 Å². The number of anilines is 1. The van der Waals surface area contributed by atoms with Crippen LogP contribution < -0.4 is 11.1 Å². The summed E-state index contributed by atoms with van der Waals surface area (Å²) in [5.41, 5.74) is 7.70. The number of carbonyl (C=O) groups is 1. The van der Waals surface area contributed by atoms with E-state index in [1.807, 2.05) is 30.3 Å². The molecule has 0 radical (unpaired) electrons. The normalized spacial score (nSPS) is 11.2. The van der Waals surface area contributed by atoms with E-state index in [1.165, 1.54) is 6.07 Å². The van der Waals surface area contributed by atoms with E-state index in [4.69, 9.17) is 5.73 Å². The Kier molecular flexibility index (Phi) is 5.60. The number of rotatable bonds is 3. The van der Waals surface area contributed by atoms with Crippen LogP contribution in [0.3, 0.4) is 0 Å². The van der Waals surface area contributed by atoms with Gasteiger partial charge in [0.05, 0.1) is 6.04 Å². The average Bonchev–Trinajstić information content (AvgIpc) is 2.68. The van der Waals surface area contributed by atoms with Crippen molar-refractivity contribution in [1.82, 2.24) is 4.98 Å². The lowest BCUT2D eigenvalue weighted by atomic mass is 10.0. The van der Waals surface area contributed by atoms with Crippen molar-refractivity contribution >= 4 is 11.7 Å². The Morgan fingerprint density at radius 3 is 2.41 bits per heavy atom. The van der Waals surface area contributed by atoms with Crippen molar-refractivity contribution in [2.75, 3.05) is 5.32 Å². The Balaban J connectivity index is 2.06. The van der Waals surface area contributed by atoms with E-state index in [2.05, 4.69) is 22.1 Å². The van der Waals surface area contributed by atoms with Crippen molar-refractivity contribution in [3.63, 3.8) is 0 Å². The van der Waals surface area contributed by atoms with Crippen molar-refractivity contribution in [2.24, 2.45) is 5.73 Å². The molecule has 4 nitrogen and oxygen atoms in total. The van der Waals surface area contributed by atoms with Crippen molar-refractivity contribution < 1.29 is 9.18 Å². The number of carbonyl (C=O) groups excluding carboxylic acids is 1. The highest BCUT2D eigenvalue weighted by Crippen LogP contribution is 2.26. The van der Waals surface area contributed by atoms with Gasteiger partial charge in [-0.3, -0.25) is 4.79 Å². The molecule has 0 aliphatic heterocycles. The molecule has 1 unspecified atom stereocenters. The molecule has 0 aliphatic carbocycles. The third-order valence-electron chi connectivity index (χ3n) is 3.82. The van der Waals surface area contributed by atoms with Crippen LogP contribution in [-0.2, 0) is 4.79 Å². The third kappa shape index (κ3) is 4.57. The molecule has 0 bridgehead atoms. The minimum atomic E-state index is -0.670. The van der Waals surface area contributed by atoms with Gasteiger partial charge in [0.1, 0.15) is 17.3 Å². The molecule has 5 heteroatoms. The van der Waals surface area contributed by atoms with Crippen molar-refractivity contribution in [3.8, 4) is 23.0 Å². The van der Waals surface area contributed by atoms with E-state index in [9.17, 15) is 9.18 Å². The molecular formula is C22H18FN3O. The van der Waals surface area contributed by atoms with Crippen LogP contribution in [0.5, 0.6) is 0 Å². The van der Waals surface area contributed by atoms with Gasteiger partial charge in [-0.1, -0.05) is 42.3 Å². The van der Waals surface area contributed by atoms with E-state index in [0.717, 1.165) is 5.56 Å². The molecule has 1 atom stereocenters. The van der Waals surface area contributed by atoms with Crippen molar-refractivity contribution in [3.05, 3.63) is 83.8 Å². The molecule has 1 aromatic heterocycles. The zero-order valence-electron chi connectivity index (χ0n) is 14.7. The topological polar surface area (TPSA) is 68.0 Å². The number of benzene rings is 2. The fourth-order valence-electron chi connectivity index (χ4n) is 2.41. The largest absolute Gasteiger partial charge is 0.320 e. The Bertz CT molecular complexity index is 1020. The Hall–Kier alpha value is -3.49. The lowest BCUT2D eigenvalue weighted by molar-refractivity contribution is -0.117. The number of nitrogens with two attached hydrogens (primary N) is 1. The van der Waals surface area contributed by atoms with Gasteiger partial charge < -0.3 is 11.1 Å². The van der Waals surface area contributed by atoms with Gasteiger partial charge in [0.2, 0.25) is 5.91 Å². The summed E-state index contributed by atoms with van der Waals surface area (Å²) >= 11 is 0. The van der Waals surface area contributed by atoms with E-state index in [-0.39, 0.29) is 11.7 Å². The van der Waals surface area contributed by atoms with Crippen LogP contribution in [0.15, 0.2) is 66.7 Å². The van der Waals surface area contributed by atoms with Gasteiger partial charge in [-0.2, -0.15) is 0 Å². The van der Waals surface area contributed by atoms with Crippen molar-refractivity contribution in [1.29, 1.82) is 0 Å². The first kappa shape index (κ1) is 18.3. The molecule has 3 rings (SSSR count). The van der Waals surface area contributed by atoms with Gasteiger partial charge in [-0.25, -0.2) is 9.37 Å². The number of hydrogen-bond donors (Lipinski definition) is 2. The van der Waals surface area contributed by atoms with Gasteiger partial charge in [-0.15, -0.1) is 0 Å². The third-order valence-corrected chi connectivity index (χ3v) is 3.82. The van der Waals surface area contributed by atoms with Gasteiger partial charge in [0.15, 0.2) is 0 Å². The zero-order valence-corrected chi connectivity index (χ0v) is 14.7. The quantitative estimate of drug-likeness (QED) is 0.703. The molecule has 0 saturated carbocycles. The summed E-state index contributed by atoms with van der Waals surface area (Å²) in [5.74, 6) is 5.60. The smallest absolute Gasteiger partial charge is 0.242 e. The number of halogens is 1. The summed E-state index contributed by atoms with van der Waals surface area (Å²) in [6.45, 7) is 1.58. The Morgan fingerprint density at radius 1 is 1.00 bits per heavy atom. The summed E-state index contributed by atoms with van der Waals surface area (Å²) in [5, 5.41) is 2.64. The molecule has 27 heavy (non-hydrogen) atoms. The molecule has 3 aromatic rings. The maximum absolute atomic E-state index is 14.3.